The maximum atomic E-state index is 6.54. The van der Waals surface area contributed by atoms with Gasteiger partial charge in [0.15, 0.2) is 5.16 Å². The Kier molecular flexibility index (Phi) is 8.07. The Balaban J connectivity index is 1.28. The Hall–Kier alpha value is -2.56. The minimum absolute atomic E-state index is 0.281. The lowest BCUT2D eigenvalue weighted by atomic mass is 10.1. The van der Waals surface area contributed by atoms with Gasteiger partial charge in [0.25, 0.3) is 0 Å². The van der Waals surface area contributed by atoms with Crippen LogP contribution in [0, 0.1) is 0 Å². The minimum atomic E-state index is -1.14. The van der Waals surface area contributed by atoms with Gasteiger partial charge in [-0.2, -0.15) is 5.10 Å². The van der Waals surface area contributed by atoms with Gasteiger partial charge in [0, 0.05) is 22.7 Å². The fourth-order valence-electron chi connectivity index (χ4n) is 4.39. The number of hydrogen-bond donors (Lipinski definition) is 0. The molecule has 2 atom stereocenters. The molecular formula is C26H27Cl2N5O3S. The van der Waals surface area contributed by atoms with Crippen LogP contribution in [0.2, 0.25) is 10.0 Å². The lowest BCUT2D eigenvalue weighted by Gasteiger charge is -2.29. The summed E-state index contributed by atoms with van der Waals surface area (Å²) in [7, 11) is 0. The molecule has 1 saturated heterocycles. The number of imidazole rings is 1. The fourth-order valence-corrected chi connectivity index (χ4v) is 5.51. The summed E-state index contributed by atoms with van der Waals surface area (Å²) >= 11 is 14.3. The third-order valence-corrected chi connectivity index (χ3v) is 7.31. The van der Waals surface area contributed by atoms with Gasteiger partial charge in [-0.25, -0.2) is 14.6 Å². The number of aromatic nitrogens is 5. The van der Waals surface area contributed by atoms with Crippen LogP contribution < -0.4 is 4.74 Å². The van der Waals surface area contributed by atoms with Gasteiger partial charge in [-0.3, -0.25) is 0 Å². The van der Waals surface area contributed by atoms with Crippen LogP contribution in [-0.2, 0) is 28.4 Å². The van der Waals surface area contributed by atoms with E-state index in [1.165, 1.54) is 6.33 Å². The van der Waals surface area contributed by atoms with Gasteiger partial charge >= 0.3 is 0 Å². The fraction of sp³-hybridized carbons (Fsp3) is 0.346. The van der Waals surface area contributed by atoms with Crippen molar-refractivity contribution in [3.05, 3.63) is 76.9 Å². The number of ether oxygens (including phenoxy) is 3. The van der Waals surface area contributed by atoms with Crippen LogP contribution in [0.15, 0.2) is 66.5 Å². The number of nitrogens with zero attached hydrogens (tertiary/aromatic N) is 5. The predicted molar refractivity (Wildman–Crippen MR) is 144 cm³/mol. The number of halogens is 2. The summed E-state index contributed by atoms with van der Waals surface area (Å²) in [6.07, 6.45) is 7.78. The maximum Gasteiger partial charge on any atom is 0.217 e. The van der Waals surface area contributed by atoms with Crippen molar-refractivity contribution in [2.75, 3.05) is 19.5 Å². The Bertz CT molecular complexity index is 1330. The second-order valence-corrected chi connectivity index (χ2v) is 10.3. The molecule has 0 N–H and O–H groups in total. The number of benzene rings is 2. The lowest BCUT2D eigenvalue weighted by Crippen LogP contribution is -2.35. The van der Waals surface area contributed by atoms with E-state index in [-0.39, 0.29) is 12.6 Å². The van der Waals surface area contributed by atoms with Crippen molar-refractivity contribution in [2.45, 2.75) is 43.5 Å². The smallest absolute Gasteiger partial charge is 0.217 e. The molecule has 0 amide bonds. The van der Waals surface area contributed by atoms with Crippen molar-refractivity contribution in [2.24, 2.45) is 0 Å². The van der Waals surface area contributed by atoms with Gasteiger partial charge in [-0.1, -0.05) is 48.0 Å². The first-order valence-electron chi connectivity index (χ1n) is 11.9. The topological polar surface area (TPSA) is 76.2 Å². The molecule has 37 heavy (non-hydrogen) atoms. The van der Waals surface area contributed by atoms with E-state index in [9.17, 15) is 0 Å². The minimum Gasteiger partial charge on any atom is -0.491 e. The molecule has 0 radical (unpaired) electrons. The first kappa shape index (κ1) is 26.1. The van der Waals surface area contributed by atoms with Crippen LogP contribution >= 0.6 is 35.0 Å². The van der Waals surface area contributed by atoms with Crippen LogP contribution in [0.3, 0.4) is 0 Å². The number of hydrogen-bond acceptors (Lipinski definition) is 7. The molecule has 3 heterocycles. The second kappa shape index (κ2) is 11.4. The zero-order valence-electron chi connectivity index (χ0n) is 20.5. The van der Waals surface area contributed by atoms with Crippen LogP contribution in [0.1, 0.15) is 18.9 Å². The Labute approximate surface area is 229 Å². The number of thioether (sulfide) groups is 1. The molecule has 8 nitrogen and oxygen atoms in total. The zero-order chi connectivity index (χ0) is 25.8. The van der Waals surface area contributed by atoms with E-state index in [0.29, 0.717) is 28.8 Å². The molecule has 1 aliphatic heterocycles. The van der Waals surface area contributed by atoms with Crippen LogP contribution in [-0.4, -0.2) is 49.9 Å². The summed E-state index contributed by atoms with van der Waals surface area (Å²) in [5.74, 6) is -0.391. The van der Waals surface area contributed by atoms with E-state index < -0.39 is 5.79 Å². The summed E-state index contributed by atoms with van der Waals surface area (Å²) < 4.78 is 22.6. The first-order chi connectivity index (χ1) is 18.0. The van der Waals surface area contributed by atoms with E-state index in [1.54, 1.807) is 34.9 Å². The highest BCUT2D eigenvalue weighted by Gasteiger charge is 2.45. The highest BCUT2D eigenvalue weighted by atomic mass is 35.5. The molecule has 0 bridgehead atoms. The average Bonchev–Trinajstić information content (AvgIpc) is 3.65. The van der Waals surface area contributed by atoms with E-state index in [4.69, 9.17) is 37.4 Å². The van der Waals surface area contributed by atoms with E-state index in [0.717, 1.165) is 35.1 Å². The molecular weight excluding hydrogens is 533 g/mol. The SMILES string of the molecule is CCCn1c(-c2ccc(OC[C@@H]3CO[C@@](Cn4cncn4)(c4ccc(Cl)cc4Cl)O3)cc2)cnc1SC. The molecule has 0 unspecified atom stereocenters. The van der Waals surface area contributed by atoms with Crippen LogP contribution in [0.25, 0.3) is 11.3 Å². The summed E-state index contributed by atoms with van der Waals surface area (Å²) in [6, 6.07) is 13.3. The molecule has 11 heteroatoms. The largest absolute Gasteiger partial charge is 0.491 e. The highest BCUT2D eigenvalue weighted by Crippen LogP contribution is 2.40. The predicted octanol–water partition coefficient (Wildman–Crippen LogP) is 5.93. The third-order valence-electron chi connectivity index (χ3n) is 6.07. The monoisotopic (exact) mass is 559 g/mol. The first-order valence-corrected chi connectivity index (χ1v) is 13.9. The quantitative estimate of drug-likeness (QED) is 0.223. The molecule has 1 fully saturated rings. The van der Waals surface area contributed by atoms with Crippen molar-refractivity contribution < 1.29 is 14.2 Å². The van der Waals surface area contributed by atoms with E-state index >= 15 is 0 Å². The molecule has 2 aromatic carbocycles. The maximum absolute atomic E-state index is 6.54. The standard InChI is InChI=1S/C26H27Cl2N5O3S/c1-3-10-33-24(12-30-25(33)37-2)18-4-7-20(8-5-18)34-13-21-14-35-26(36-21,15-32-17-29-16-31-32)22-9-6-19(27)11-23(22)28/h4-9,11-12,16-17,21H,3,10,13-15H2,1-2H3/t21-,26-/m1/s1. The Morgan fingerprint density at radius 2 is 2.03 bits per heavy atom. The van der Waals surface area contributed by atoms with Gasteiger partial charge in [-0.05, 0) is 49.1 Å². The molecule has 1 aliphatic rings. The second-order valence-electron chi connectivity index (χ2n) is 8.64. The van der Waals surface area contributed by atoms with Crippen molar-refractivity contribution in [1.82, 2.24) is 24.3 Å². The Morgan fingerprint density at radius 3 is 2.73 bits per heavy atom. The Morgan fingerprint density at radius 1 is 1.19 bits per heavy atom. The van der Waals surface area contributed by atoms with Crippen LogP contribution in [0.5, 0.6) is 5.75 Å². The summed E-state index contributed by atoms with van der Waals surface area (Å²) in [4.78, 5) is 8.58. The van der Waals surface area contributed by atoms with E-state index in [2.05, 4.69) is 38.7 Å². The van der Waals surface area contributed by atoms with Gasteiger partial charge in [0.1, 0.15) is 37.7 Å². The summed E-state index contributed by atoms with van der Waals surface area (Å²) in [6.45, 7) is 4.02. The molecule has 0 saturated carbocycles. The van der Waals surface area contributed by atoms with Gasteiger partial charge < -0.3 is 18.8 Å². The van der Waals surface area contributed by atoms with Crippen molar-refractivity contribution in [3.8, 4) is 17.0 Å². The highest BCUT2D eigenvalue weighted by molar-refractivity contribution is 7.98. The van der Waals surface area contributed by atoms with Crippen molar-refractivity contribution in [3.63, 3.8) is 0 Å². The molecule has 194 valence electrons. The van der Waals surface area contributed by atoms with Gasteiger partial charge in [0.05, 0.1) is 23.5 Å². The summed E-state index contributed by atoms with van der Waals surface area (Å²) in [5, 5.41) is 6.22. The molecule has 0 aliphatic carbocycles. The zero-order valence-corrected chi connectivity index (χ0v) is 22.8. The van der Waals surface area contributed by atoms with Crippen molar-refractivity contribution >= 4 is 35.0 Å². The van der Waals surface area contributed by atoms with Crippen molar-refractivity contribution in [1.29, 1.82) is 0 Å². The summed E-state index contributed by atoms with van der Waals surface area (Å²) in [5.41, 5.74) is 2.87. The molecule has 5 rings (SSSR count). The lowest BCUT2D eigenvalue weighted by molar-refractivity contribution is -0.190. The molecule has 2 aromatic heterocycles. The molecule has 0 spiro atoms. The number of rotatable bonds is 10. The van der Waals surface area contributed by atoms with Gasteiger partial charge in [-0.15, -0.1) is 0 Å². The molecule has 4 aromatic rings. The average molecular weight is 561 g/mol. The normalized spacial score (nSPS) is 19.4. The van der Waals surface area contributed by atoms with Crippen LogP contribution in [0.4, 0.5) is 0 Å². The van der Waals surface area contributed by atoms with Gasteiger partial charge in [0.2, 0.25) is 5.79 Å². The van der Waals surface area contributed by atoms with E-state index in [1.807, 2.05) is 30.7 Å². The third kappa shape index (κ3) is 5.66.